The number of carbonyl (C=O) groups is 1. The van der Waals surface area contributed by atoms with Gasteiger partial charge in [-0.1, -0.05) is 12.1 Å². The Balaban J connectivity index is 0.00000392. The smallest absolute Gasteiger partial charge is 0.357 e. The van der Waals surface area contributed by atoms with Crippen molar-refractivity contribution in [3.63, 3.8) is 0 Å². The summed E-state index contributed by atoms with van der Waals surface area (Å²) in [6.45, 7) is 3.98. The summed E-state index contributed by atoms with van der Waals surface area (Å²) in [5.41, 5.74) is 1.52. The first-order chi connectivity index (χ1) is 12.9. The van der Waals surface area contributed by atoms with E-state index in [1.165, 1.54) is 0 Å². The number of halogens is 4. The first-order valence-corrected chi connectivity index (χ1v) is 9.11. The molecular weight excluding hydrogens is 486 g/mol. The summed E-state index contributed by atoms with van der Waals surface area (Å²) in [5.74, 6) is 0.327. The molecule has 1 saturated heterocycles. The van der Waals surface area contributed by atoms with Crippen LogP contribution in [0.1, 0.15) is 31.7 Å². The van der Waals surface area contributed by atoms with Crippen LogP contribution in [0.3, 0.4) is 0 Å². The molecule has 0 bridgehead atoms. The highest BCUT2D eigenvalue weighted by Crippen LogP contribution is 2.18. The number of hydrogen-bond donors (Lipinski definition) is 3. The Morgan fingerprint density at radius 1 is 1.21 bits per heavy atom. The quantitative estimate of drug-likeness (QED) is 0.307. The molecule has 2 amide bonds. The van der Waals surface area contributed by atoms with E-state index in [1.807, 2.05) is 25.1 Å². The number of amides is 2. The van der Waals surface area contributed by atoms with E-state index >= 15 is 0 Å². The first-order valence-electron chi connectivity index (χ1n) is 9.11. The fourth-order valence-corrected chi connectivity index (χ4v) is 2.70. The van der Waals surface area contributed by atoms with Gasteiger partial charge in [0.15, 0.2) is 5.96 Å². The summed E-state index contributed by atoms with van der Waals surface area (Å²) in [6, 6.07) is 7.17. The van der Waals surface area contributed by atoms with Crippen LogP contribution in [0, 0.1) is 0 Å². The molecule has 0 unspecified atom stereocenters. The predicted molar refractivity (Wildman–Crippen MR) is 115 cm³/mol. The molecule has 28 heavy (non-hydrogen) atoms. The number of benzene rings is 1. The molecule has 158 valence electrons. The molecule has 1 aromatic carbocycles. The van der Waals surface area contributed by atoms with Crippen LogP contribution < -0.4 is 16.0 Å². The molecule has 0 atom stereocenters. The molecule has 1 fully saturated rings. The van der Waals surface area contributed by atoms with Crippen molar-refractivity contribution in [1.82, 2.24) is 15.5 Å². The van der Waals surface area contributed by atoms with Gasteiger partial charge in [-0.25, -0.2) is 9.79 Å². The third kappa shape index (κ3) is 8.98. The lowest BCUT2D eigenvalue weighted by Crippen LogP contribution is -2.38. The van der Waals surface area contributed by atoms with Crippen molar-refractivity contribution in [2.45, 2.75) is 38.9 Å². The van der Waals surface area contributed by atoms with Crippen LogP contribution in [0.5, 0.6) is 0 Å². The number of anilines is 1. The lowest BCUT2D eigenvalue weighted by atomic mass is 10.2. The van der Waals surface area contributed by atoms with Gasteiger partial charge in [0, 0.05) is 31.9 Å². The standard InChI is InChI=1S/C18H26F3N5O.HI/c1-2-22-16(23-9-8-18(19,20)21)24-13-14-6-5-7-15(12-14)25-17(27)26-10-3-4-11-26;/h5-7,12H,2-4,8-11,13H2,1H3,(H,25,27)(H2,22,23,24);1H. The van der Waals surface area contributed by atoms with Crippen LogP contribution in [0.15, 0.2) is 29.3 Å². The van der Waals surface area contributed by atoms with E-state index in [4.69, 9.17) is 0 Å². The second-order valence-corrected chi connectivity index (χ2v) is 6.31. The van der Waals surface area contributed by atoms with E-state index in [0.717, 1.165) is 31.5 Å². The third-order valence-electron chi connectivity index (χ3n) is 4.04. The minimum absolute atomic E-state index is 0. The molecule has 0 aromatic heterocycles. The summed E-state index contributed by atoms with van der Waals surface area (Å²) >= 11 is 0. The van der Waals surface area contributed by atoms with Gasteiger partial charge in [0.2, 0.25) is 0 Å². The van der Waals surface area contributed by atoms with Gasteiger partial charge in [-0.3, -0.25) is 0 Å². The second kappa shape index (κ2) is 12.0. The minimum Gasteiger partial charge on any atom is -0.357 e. The molecule has 2 rings (SSSR count). The maximum absolute atomic E-state index is 12.3. The number of urea groups is 1. The lowest BCUT2D eigenvalue weighted by Gasteiger charge is -2.16. The van der Waals surface area contributed by atoms with Crippen molar-refractivity contribution in [2.24, 2.45) is 4.99 Å². The van der Waals surface area contributed by atoms with Gasteiger partial charge in [-0.2, -0.15) is 13.2 Å². The number of nitrogens with one attached hydrogen (secondary N) is 3. The number of hydrogen-bond acceptors (Lipinski definition) is 2. The highest BCUT2D eigenvalue weighted by atomic mass is 127. The van der Waals surface area contributed by atoms with E-state index in [9.17, 15) is 18.0 Å². The number of likely N-dealkylation sites (tertiary alicyclic amines) is 1. The number of alkyl halides is 3. The average molecular weight is 513 g/mol. The van der Waals surface area contributed by atoms with Gasteiger partial charge < -0.3 is 20.9 Å². The maximum Gasteiger partial charge on any atom is 0.390 e. The van der Waals surface area contributed by atoms with Gasteiger partial charge in [0.05, 0.1) is 13.0 Å². The maximum atomic E-state index is 12.3. The Labute approximate surface area is 180 Å². The van der Waals surface area contributed by atoms with Gasteiger partial charge >= 0.3 is 12.2 Å². The molecule has 0 spiro atoms. The Kier molecular flexibility index (Phi) is 10.4. The molecular formula is C18H27F3IN5O. The number of guanidine groups is 1. The Hall–Kier alpha value is -1.72. The zero-order valence-electron chi connectivity index (χ0n) is 15.8. The second-order valence-electron chi connectivity index (χ2n) is 6.31. The van der Waals surface area contributed by atoms with E-state index in [0.29, 0.717) is 18.2 Å². The van der Waals surface area contributed by atoms with Gasteiger partial charge in [-0.05, 0) is 37.5 Å². The summed E-state index contributed by atoms with van der Waals surface area (Å²) in [7, 11) is 0. The molecule has 0 aliphatic carbocycles. The average Bonchev–Trinajstić information content (AvgIpc) is 3.14. The van der Waals surface area contributed by atoms with Crippen LogP contribution in [-0.4, -0.2) is 49.2 Å². The molecule has 0 saturated carbocycles. The van der Waals surface area contributed by atoms with Crippen LogP contribution in [0.25, 0.3) is 0 Å². The lowest BCUT2D eigenvalue weighted by molar-refractivity contribution is -0.132. The third-order valence-corrected chi connectivity index (χ3v) is 4.04. The zero-order valence-corrected chi connectivity index (χ0v) is 18.1. The zero-order chi connectivity index (χ0) is 19.7. The van der Waals surface area contributed by atoms with Gasteiger partial charge in [0.25, 0.3) is 0 Å². The minimum atomic E-state index is -4.20. The van der Waals surface area contributed by atoms with E-state index < -0.39 is 12.6 Å². The number of nitrogens with zero attached hydrogens (tertiary/aromatic N) is 2. The summed E-state index contributed by atoms with van der Waals surface area (Å²) in [6.07, 6.45) is -3.07. The molecule has 6 nitrogen and oxygen atoms in total. The SMILES string of the molecule is CCNC(=NCc1cccc(NC(=O)N2CCCC2)c1)NCCC(F)(F)F.I. The normalized spacial score (nSPS) is 14.4. The van der Waals surface area contributed by atoms with Crippen molar-refractivity contribution >= 4 is 41.7 Å². The summed E-state index contributed by atoms with van der Waals surface area (Å²) < 4.78 is 36.8. The largest absolute Gasteiger partial charge is 0.390 e. The van der Waals surface area contributed by atoms with Crippen molar-refractivity contribution in [2.75, 3.05) is 31.5 Å². The number of aliphatic imine (C=N–C) groups is 1. The van der Waals surface area contributed by atoms with Crippen molar-refractivity contribution in [3.8, 4) is 0 Å². The summed E-state index contributed by atoms with van der Waals surface area (Å²) in [5, 5.41) is 8.46. The molecule has 1 aliphatic rings. The Bertz CT molecular complexity index is 648. The summed E-state index contributed by atoms with van der Waals surface area (Å²) in [4.78, 5) is 18.2. The van der Waals surface area contributed by atoms with Gasteiger partial charge in [-0.15, -0.1) is 24.0 Å². The first kappa shape index (κ1) is 24.3. The van der Waals surface area contributed by atoms with E-state index in [-0.39, 0.29) is 43.1 Å². The van der Waals surface area contributed by atoms with E-state index in [1.54, 1.807) is 11.0 Å². The molecule has 1 aromatic rings. The van der Waals surface area contributed by atoms with Crippen LogP contribution in [-0.2, 0) is 6.54 Å². The fraction of sp³-hybridized carbons (Fsp3) is 0.556. The number of rotatable bonds is 6. The highest BCUT2D eigenvalue weighted by molar-refractivity contribution is 14.0. The topological polar surface area (TPSA) is 68.8 Å². The van der Waals surface area contributed by atoms with Crippen LogP contribution in [0.4, 0.5) is 23.7 Å². The Morgan fingerprint density at radius 3 is 2.57 bits per heavy atom. The van der Waals surface area contributed by atoms with Gasteiger partial charge in [0.1, 0.15) is 0 Å². The predicted octanol–water partition coefficient (Wildman–Crippen LogP) is 3.94. The molecule has 0 radical (unpaired) electrons. The van der Waals surface area contributed by atoms with Crippen molar-refractivity contribution < 1.29 is 18.0 Å². The Morgan fingerprint density at radius 2 is 1.93 bits per heavy atom. The van der Waals surface area contributed by atoms with Crippen molar-refractivity contribution in [3.05, 3.63) is 29.8 Å². The highest BCUT2D eigenvalue weighted by Gasteiger charge is 2.26. The van der Waals surface area contributed by atoms with E-state index in [2.05, 4.69) is 20.9 Å². The molecule has 10 heteroatoms. The number of carbonyl (C=O) groups excluding carboxylic acids is 1. The van der Waals surface area contributed by atoms with Crippen LogP contribution in [0.2, 0.25) is 0 Å². The van der Waals surface area contributed by atoms with Crippen molar-refractivity contribution in [1.29, 1.82) is 0 Å². The van der Waals surface area contributed by atoms with Crippen LogP contribution >= 0.6 is 24.0 Å². The monoisotopic (exact) mass is 513 g/mol. The molecule has 1 heterocycles. The molecule has 1 aliphatic heterocycles. The molecule has 3 N–H and O–H groups in total. The fourth-order valence-electron chi connectivity index (χ4n) is 2.70.